The van der Waals surface area contributed by atoms with Crippen molar-refractivity contribution in [1.29, 1.82) is 0 Å². The molecule has 0 radical (unpaired) electrons. The van der Waals surface area contributed by atoms with Crippen molar-refractivity contribution in [2.45, 2.75) is 17.4 Å². The van der Waals surface area contributed by atoms with Gasteiger partial charge in [0.25, 0.3) is 5.91 Å². The largest absolute Gasteiger partial charge is 0.345 e. The number of amides is 1. The molecule has 4 rings (SSSR count). The molecule has 2 heterocycles. The van der Waals surface area contributed by atoms with Crippen molar-refractivity contribution >= 4 is 28.6 Å². The van der Waals surface area contributed by atoms with Gasteiger partial charge in [-0.25, -0.2) is 4.39 Å². The summed E-state index contributed by atoms with van der Waals surface area (Å²) in [6.07, 6.45) is 2.50. The average Bonchev–Trinajstić information content (AvgIpc) is 2.61. The van der Waals surface area contributed by atoms with Crippen molar-refractivity contribution in [2.75, 3.05) is 5.75 Å². The van der Waals surface area contributed by atoms with Gasteiger partial charge in [0.2, 0.25) is 0 Å². The maximum absolute atomic E-state index is 13.6. The average molecular weight is 338 g/mol. The van der Waals surface area contributed by atoms with Crippen LogP contribution >= 0.6 is 11.8 Å². The minimum atomic E-state index is -0.273. The van der Waals surface area contributed by atoms with Crippen LogP contribution in [0.15, 0.2) is 59.6 Å². The summed E-state index contributed by atoms with van der Waals surface area (Å²) in [5, 5.41) is 3.89. The molecule has 3 aromatic rings. The molecule has 0 bridgehead atoms. The molecule has 1 atom stereocenters. The van der Waals surface area contributed by atoms with E-state index in [2.05, 4.69) is 10.3 Å². The molecule has 24 heavy (non-hydrogen) atoms. The lowest BCUT2D eigenvalue weighted by molar-refractivity contribution is 0.0936. The number of thioether (sulfide) groups is 1. The Morgan fingerprint density at radius 3 is 3.04 bits per heavy atom. The lowest BCUT2D eigenvalue weighted by atomic mass is 10.0. The lowest BCUT2D eigenvalue weighted by Crippen LogP contribution is -2.30. The molecule has 0 aliphatic carbocycles. The molecule has 1 unspecified atom stereocenters. The second kappa shape index (κ2) is 6.24. The first kappa shape index (κ1) is 15.1. The highest BCUT2D eigenvalue weighted by Crippen LogP contribution is 2.36. The molecule has 2 aromatic carbocycles. The highest BCUT2D eigenvalue weighted by atomic mass is 32.2. The quantitative estimate of drug-likeness (QED) is 0.756. The van der Waals surface area contributed by atoms with Gasteiger partial charge in [0, 0.05) is 27.8 Å². The predicted molar refractivity (Wildman–Crippen MR) is 93.7 cm³/mol. The fourth-order valence-electron chi connectivity index (χ4n) is 3.05. The van der Waals surface area contributed by atoms with E-state index in [4.69, 9.17) is 0 Å². The number of fused-ring (bicyclic) bond motifs is 2. The molecule has 0 fully saturated rings. The SMILES string of the molecule is O=C(NC1CCSc2ccc(F)cc21)c1cccc2ncccc12. The zero-order valence-electron chi connectivity index (χ0n) is 12.8. The number of carbonyl (C=O) groups is 1. The molecule has 1 N–H and O–H groups in total. The van der Waals surface area contributed by atoms with Crippen LogP contribution in [0.4, 0.5) is 4.39 Å². The molecule has 1 aromatic heterocycles. The molecular formula is C19H15FN2OS. The van der Waals surface area contributed by atoms with E-state index in [0.717, 1.165) is 33.5 Å². The Balaban J connectivity index is 1.67. The maximum atomic E-state index is 13.6. The zero-order valence-corrected chi connectivity index (χ0v) is 13.6. The number of hydrogen-bond donors (Lipinski definition) is 1. The molecule has 1 aliphatic heterocycles. The number of pyridine rings is 1. The van der Waals surface area contributed by atoms with Gasteiger partial charge in [-0.15, -0.1) is 11.8 Å². The summed E-state index contributed by atoms with van der Waals surface area (Å²) >= 11 is 1.70. The van der Waals surface area contributed by atoms with Crippen molar-refractivity contribution in [3.63, 3.8) is 0 Å². The number of carbonyl (C=O) groups excluding carboxylic acids is 1. The number of rotatable bonds is 2. The lowest BCUT2D eigenvalue weighted by Gasteiger charge is -2.26. The smallest absolute Gasteiger partial charge is 0.252 e. The monoisotopic (exact) mass is 338 g/mol. The molecular weight excluding hydrogens is 323 g/mol. The summed E-state index contributed by atoms with van der Waals surface area (Å²) in [6.45, 7) is 0. The first-order chi connectivity index (χ1) is 11.7. The molecule has 3 nitrogen and oxygen atoms in total. The number of benzene rings is 2. The van der Waals surface area contributed by atoms with E-state index in [1.807, 2.05) is 24.3 Å². The Hall–Kier alpha value is -2.40. The van der Waals surface area contributed by atoms with Gasteiger partial charge in [-0.2, -0.15) is 0 Å². The van der Waals surface area contributed by atoms with Gasteiger partial charge in [-0.05, 0) is 48.4 Å². The van der Waals surface area contributed by atoms with Crippen LogP contribution in [0.5, 0.6) is 0 Å². The van der Waals surface area contributed by atoms with Gasteiger partial charge in [-0.1, -0.05) is 12.1 Å². The van der Waals surface area contributed by atoms with E-state index in [0.29, 0.717) is 5.56 Å². The summed E-state index contributed by atoms with van der Waals surface area (Å²) in [6, 6.07) is 13.8. The van der Waals surface area contributed by atoms with E-state index in [1.165, 1.54) is 12.1 Å². The standard InChI is InChI=1S/C19H15FN2OS/c20-12-6-7-18-15(11-12)17(8-10-24-18)22-19(23)14-3-1-5-16-13(14)4-2-9-21-16/h1-7,9,11,17H,8,10H2,(H,22,23). The fourth-order valence-corrected chi connectivity index (χ4v) is 4.16. The maximum Gasteiger partial charge on any atom is 0.252 e. The Bertz CT molecular complexity index is 923. The van der Waals surface area contributed by atoms with Crippen molar-refractivity contribution in [2.24, 2.45) is 0 Å². The minimum absolute atomic E-state index is 0.152. The van der Waals surface area contributed by atoms with Crippen LogP contribution in [0.2, 0.25) is 0 Å². The van der Waals surface area contributed by atoms with E-state index >= 15 is 0 Å². The first-order valence-corrected chi connectivity index (χ1v) is 8.78. The van der Waals surface area contributed by atoms with Gasteiger partial charge in [0.15, 0.2) is 0 Å². The van der Waals surface area contributed by atoms with Crippen molar-refractivity contribution < 1.29 is 9.18 Å². The highest BCUT2D eigenvalue weighted by Gasteiger charge is 2.24. The molecule has 120 valence electrons. The van der Waals surface area contributed by atoms with E-state index in [1.54, 1.807) is 30.1 Å². The van der Waals surface area contributed by atoms with Crippen molar-refractivity contribution in [1.82, 2.24) is 10.3 Å². The van der Waals surface area contributed by atoms with Gasteiger partial charge < -0.3 is 5.32 Å². The van der Waals surface area contributed by atoms with Crippen LogP contribution in [-0.4, -0.2) is 16.6 Å². The molecule has 0 spiro atoms. The van der Waals surface area contributed by atoms with Crippen molar-refractivity contribution in [3.8, 4) is 0 Å². The normalized spacial score (nSPS) is 16.6. The van der Waals surface area contributed by atoms with Crippen LogP contribution in [0.25, 0.3) is 10.9 Å². The molecule has 1 aliphatic rings. The Morgan fingerprint density at radius 1 is 1.21 bits per heavy atom. The number of nitrogens with zero attached hydrogens (tertiary/aromatic N) is 1. The number of nitrogens with one attached hydrogen (secondary N) is 1. The molecule has 0 saturated heterocycles. The summed E-state index contributed by atoms with van der Waals surface area (Å²) in [5.41, 5.74) is 2.24. The van der Waals surface area contributed by atoms with E-state index in [-0.39, 0.29) is 17.8 Å². The molecule has 0 saturated carbocycles. The fraction of sp³-hybridized carbons (Fsp3) is 0.158. The number of hydrogen-bond acceptors (Lipinski definition) is 3. The summed E-state index contributed by atoms with van der Waals surface area (Å²) < 4.78 is 13.6. The Labute approximate surface area is 143 Å². The second-order valence-corrected chi connectivity index (χ2v) is 6.86. The second-order valence-electron chi connectivity index (χ2n) is 5.72. The van der Waals surface area contributed by atoms with Gasteiger partial charge in [0.1, 0.15) is 5.82 Å². The highest BCUT2D eigenvalue weighted by molar-refractivity contribution is 7.99. The van der Waals surface area contributed by atoms with Crippen molar-refractivity contribution in [3.05, 3.63) is 71.7 Å². The zero-order chi connectivity index (χ0) is 16.5. The Kier molecular flexibility index (Phi) is 3.94. The Morgan fingerprint density at radius 2 is 2.12 bits per heavy atom. The third-order valence-electron chi connectivity index (χ3n) is 4.21. The van der Waals surface area contributed by atoms with Crippen LogP contribution in [-0.2, 0) is 0 Å². The van der Waals surface area contributed by atoms with Crippen LogP contribution < -0.4 is 5.32 Å². The predicted octanol–water partition coefficient (Wildman–Crippen LogP) is 4.34. The van der Waals surface area contributed by atoms with E-state index < -0.39 is 0 Å². The number of halogens is 1. The van der Waals surface area contributed by atoms with E-state index in [9.17, 15) is 9.18 Å². The molecule has 5 heteroatoms. The summed E-state index contributed by atoms with van der Waals surface area (Å²) in [4.78, 5) is 18.1. The third kappa shape index (κ3) is 2.76. The third-order valence-corrected chi connectivity index (χ3v) is 5.33. The number of aromatic nitrogens is 1. The van der Waals surface area contributed by atoms with Crippen LogP contribution in [0.3, 0.4) is 0 Å². The summed E-state index contributed by atoms with van der Waals surface area (Å²) in [7, 11) is 0. The summed E-state index contributed by atoms with van der Waals surface area (Å²) in [5.74, 6) is 0.478. The minimum Gasteiger partial charge on any atom is -0.345 e. The van der Waals surface area contributed by atoms with Gasteiger partial charge in [0.05, 0.1) is 11.6 Å². The topological polar surface area (TPSA) is 42.0 Å². The van der Waals surface area contributed by atoms with Gasteiger partial charge >= 0.3 is 0 Å². The van der Waals surface area contributed by atoms with Crippen LogP contribution in [0, 0.1) is 5.82 Å². The van der Waals surface area contributed by atoms with Crippen LogP contribution in [0.1, 0.15) is 28.4 Å². The molecule has 1 amide bonds. The van der Waals surface area contributed by atoms with Gasteiger partial charge in [-0.3, -0.25) is 9.78 Å². The first-order valence-electron chi connectivity index (χ1n) is 7.79.